The minimum Gasteiger partial charge on any atom is -0.379 e. The summed E-state index contributed by atoms with van der Waals surface area (Å²) >= 11 is 6.02. The highest BCUT2D eigenvalue weighted by Gasteiger charge is 2.26. The number of morpholine rings is 1. The molecule has 0 amide bonds. The molecule has 0 bridgehead atoms. The van der Waals surface area contributed by atoms with E-state index in [2.05, 4.69) is 19.8 Å². The van der Waals surface area contributed by atoms with Gasteiger partial charge in [-0.2, -0.15) is 0 Å². The Morgan fingerprint density at radius 1 is 1.30 bits per heavy atom. The van der Waals surface area contributed by atoms with Crippen LogP contribution in [-0.2, 0) is 4.74 Å². The van der Waals surface area contributed by atoms with E-state index in [-0.39, 0.29) is 0 Å². The van der Waals surface area contributed by atoms with Crippen molar-refractivity contribution in [1.29, 1.82) is 0 Å². The fourth-order valence-corrected chi connectivity index (χ4v) is 3.24. The summed E-state index contributed by atoms with van der Waals surface area (Å²) in [4.78, 5) is 13.5. The maximum atomic E-state index is 6.02. The van der Waals surface area contributed by atoms with Gasteiger partial charge in [-0.3, -0.25) is 4.90 Å². The highest BCUT2D eigenvalue weighted by atomic mass is 35.5. The maximum Gasteiger partial charge on any atom is 0.134 e. The molecule has 2 aliphatic rings. The zero-order valence-electron chi connectivity index (χ0n) is 11.9. The lowest BCUT2D eigenvalue weighted by atomic mass is 10.1. The third-order valence-electron chi connectivity index (χ3n) is 4.02. The molecule has 3 rings (SSSR count). The van der Waals surface area contributed by atoms with Crippen LogP contribution in [0.1, 0.15) is 12.2 Å². The number of hydrogen-bond donors (Lipinski definition) is 0. The van der Waals surface area contributed by atoms with Gasteiger partial charge in [-0.05, 0) is 19.3 Å². The molecule has 3 heterocycles. The summed E-state index contributed by atoms with van der Waals surface area (Å²) in [5, 5.41) is 0.532. The molecule has 0 N–H and O–H groups in total. The standard InChI is InChI=1S/C14H21ClN4O/c1-11-16-13(15)8-14(17-11)19-3-2-12(10-19)9-18-4-6-20-7-5-18/h8,12H,2-7,9-10H2,1H3. The summed E-state index contributed by atoms with van der Waals surface area (Å²) < 4.78 is 5.40. The second-order valence-electron chi connectivity index (χ2n) is 5.61. The normalized spacial score (nSPS) is 24.3. The predicted octanol–water partition coefficient (Wildman–Crippen LogP) is 1.60. The van der Waals surface area contributed by atoms with Crippen LogP contribution in [-0.4, -0.2) is 60.8 Å². The van der Waals surface area contributed by atoms with E-state index >= 15 is 0 Å². The van der Waals surface area contributed by atoms with Crippen molar-refractivity contribution in [2.75, 3.05) is 50.8 Å². The van der Waals surface area contributed by atoms with Crippen LogP contribution >= 0.6 is 11.6 Å². The molecule has 1 atom stereocenters. The van der Waals surface area contributed by atoms with E-state index in [0.717, 1.165) is 57.6 Å². The lowest BCUT2D eigenvalue weighted by Gasteiger charge is -2.29. The quantitative estimate of drug-likeness (QED) is 0.793. The molecule has 6 heteroatoms. The number of rotatable bonds is 3. The molecule has 1 aromatic heterocycles. The van der Waals surface area contributed by atoms with E-state index < -0.39 is 0 Å². The summed E-state index contributed by atoms with van der Waals surface area (Å²) in [7, 11) is 0. The van der Waals surface area contributed by atoms with Crippen LogP contribution in [0, 0.1) is 12.8 Å². The number of halogens is 1. The van der Waals surface area contributed by atoms with E-state index in [1.165, 1.54) is 6.42 Å². The molecule has 0 spiro atoms. The molecule has 1 aromatic rings. The number of aromatic nitrogens is 2. The summed E-state index contributed by atoms with van der Waals surface area (Å²) in [6, 6.07) is 1.87. The average Bonchev–Trinajstić information content (AvgIpc) is 2.87. The van der Waals surface area contributed by atoms with E-state index in [1.54, 1.807) is 0 Å². The van der Waals surface area contributed by atoms with E-state index in [9.17, 15) is 0 Å². The Kier molecular flexibility index (Phi) is 4.38. The molecule has 1 unspecified atom stereocenters. The molecule has 2 aliphatic heterocycles. The lowest BCUT2D eigenvalue weighted by molar-refractivity contribution is 0.0320. The fraction of sp³-hybridized carbons (Fsp3) is 0.714. The van der Waals surface area contributed by atoms with E-state index in [1.807, 2.05) is 13.0 Å². The molecule has 0 saturated carbocycles. The number of ether oxygens (including phenoxy) is 1. The molecule has 5 nitrogen and oxygen atoms in total. The Labute approximate surface area is 124 Å². The van der Waals surface area contributed by atoms with Gasteiger partial charge in [-0.25, -0.2) is 9.97 Å². The van der Waals surface area contributed by atoms with Crippen molar-refractivity contribution in [2.45, 2.75) is 13.3 Å². The van der Waals surface area contributed by atoms with Crippen molar-refractivity contribution in [3.8, 4) is 0 Å². The zero-order chi connectivity index (χ0) is 13.9. The number of nitrogens with zero attached hydrogens (tertiary/aromatic N) is 4. The Balaban J connectivity index is 1.58. The second-order valence-corrected chi connectivity index (χ2v) is 6.00. The molecule has 2 fully saturated rings. The van der Waals surface area contributed by atoms with Crippen LogP contribution in [0.15, 0.2) is 6.07 Å². The van der Waals surface area contributed by atoms with Crippen LogP contribution in [0.3, 0.4) is 0 Å². The summed E-state index contributed by atoms with van der Waals surface area (Å²) in [6.45, 7) is 9.04. The summed E-state index contributed by atoms with van der Waals surface area (Å²) in [5.41, 5.74) is 0. The van der Waals surface area contributed by atoms with Crippen LogP contribution in [0.4, 0.5) is 5.82 Å². The van der Waals surface area contributed by atoms with Crippen LogP contribution in [0.2, 0.25) is 5.15 Å². The first-order valence-corrected chi connectivity index (χ1v) is 7.65. The van der Waals surface area contributed by atoms with Crippen molar-refractivity contribution in [1.82, 2.24) is 14.9 Å². The van der Waals surface area contributed by atoms with Crippen LogP contribution in [0.25, 0.3) is 0 Å². The molecule has 0 aromatic carbocycles. The summed E-state index contributed by atoms with van der Waals surface area (Å²) in [5.74, 6) is 2.42. The van der Waals surface area contributed by atoms with Crippen LogP contribution in [0.5, 0.6) is 0 Å². The number of aryl methyl sites for hydroxylation is 1. The van der Waals surface area contributed by atoms with Crippen molar-refractivity contribution < 1.29 is 4.74 Å². The van der Waals surface area contributed by atoms with Crippen molar-refractivity contribution >= 4 is 17.4 Å². The minimum atomic E-state index is 0.532. The van der Waals surface area contributed by atoms with Gasteiger partial charge in [0.1, 0.15) is 16.8 Å². The first-order chi connectivity index (χ1) is 9.70. The van der Waals surface area contributed by atoms with Crippen molar-refractivity contribution in [3.63, 3.8) is 0 Å². The van der Waals surface area contributed by atoms with Gasteiger partial charge in [-0.1, -0.05) is 11.6 Å². The Morgan fingerprint density at radius 3 is 2.85 bits per heavy atom. The monoisotopic (exact) mass is 296 g/mol. The van der Waals surface area contributed by atoms with E-state index in [4.69, 9.17) is 16.3 Å². The highest BCUT2D eigenvalue weighted by molar-refractivity contribution is 6.29. The third-order valence-corrected chi connectivity index (χ3v) is 4.22. The van der Waals surface area contributed by atoms with Crippen molar-refractivity contribution in [2.24, 2.45) is 5.92 Å². The predicted molar refractivity (Wildman–Crippen MR) is 79.4 cm³/mol. The van der Waals surface area contributed by atoms with Gasteiger partial charge in [0, 0.05) is 38.8 Å². The molecule has 2 saturated heterocycles. The first-order valence-electron chi connectivity index (χ1n) is 7.27. The van der Waals surface area contributed by atoms with Crippen LogP contribution < -0.4 is 4.90 Å². The largest absolute Gasteiger partial charge is 0.379 e. The van der Waals surface area contributed by atoms with Gasteiger partial charge in [0.25, 0.3) is 0 Å². The molecule has 0 radical (unpaired) electrons. The van der Waals surface area contributed by atoms with Gasteiger partial charge in [0.2, 0.25) is 0 Å². The minimum absolute atomic E-state index is 0.532. The molecule has 110 valence electrons. The Morgan fingerprint density at radius 2 is 2.10 bits per heavy atom. The SMILES string of the molecule is Cc1nc(Cl)cc(N2CCC(CN3CCOCC3)C2)n1. The zero-order valence-corrected chi connectivity index (χ0v) is 12.6. The van der Waals surface area contributed by atoms with Crippen molar-refractivity contribution in [3.05, 3.63) is 17.0 Å². The number of hydrogen-bond acceptors (Lipinski definition) is 5. The average molecular weight is 297 g/mol. The van der Waals surface area contributed by atoms with Gasteiger partial charge >= 0.3 is 0 Å². The smallest absolute Gasteiger partial charge is 0.134 e. The second kappa shape index (κ2) is 6.24. The highest BCUT2D eigenvalue weighted by Crippen LogP contribution is 2.24. The van der Waals surface area contributed by atoms with E-state index in [0.29, 0.717) is 11.1 Å². The molecular weight excluding hydrogens is 276 g/mol. The topological polar surface area (TPSA) is 41.5 Å². The lowest BCUT2D eigenvalue weighted by Crippen LogP contribution is -2.39. The first kappa shape index (κ1) is 14.0. The third kappa shape index (κ3) is 3.40. The number of anilines is 1. The van der Waals surface area contributed by atoms with Gasteiger partial charge in [0.05, 0.1) is 13.2 Å². The molecule has 20 heavy (non-hydrogen) atoms. The maximum absolute atomic E-state index is 6.02. The van der Waals surface area contributed by atoms with Gasteiger partial charge < -0.3 is 9.64 Å². The molecule has 0 aliphatic carbocycles. The fourth-order valence-electron chi connectivity index (χ4n) is 3.02. The Hall–Kier alpha value is -0.910. The van der Waals surface area contributed by atoms with Gasteiger partial charge in [0.15, 0.2) is 0 Å². The summed E-state index contributed by atoms with van der Waals surface area (Å²) in [6.07, 6.45) is 1.22. The van der Waals surface area contributed by atoms with Gasteiger partial charge in [-0.15, -0.1) is 0 Å². The Bertz CT molecular complexity index is 444. The molecular formula is C14H21ClN4O.